The monoisotopic (exact) mass is 454 g/mol. The van der Waals surface area contributed by atoms with Crippen LogP contribution in [0.5, 0.6) is 0 Å². The van der Waals surface area contributed by atoms with Gasteiger partial charge in [-0.25, -0.2) is 4.39 Å². The van der Waals surface area contributed by atoms with Crippen LogP contribution < -0.4 is 0 Å². The van der Waals surface area contributed by atoms with Gasteiger partial charge in [0.1, 0.15) is 12.1 Å². The molecule has 0 amide bonds. The molecule has 0 heterocycles. The third-order valence-electron chi connectivity index (χ3n) is 4.30. The summed E-state index contributed by atoms with van der Waals surface area (Å²) in [6.45, 7) is 1.86. The maximum atomic E-state index is 13.7. The van der Waals surface area contributed by atoms with Crippen molar-refractivity contribution in [2.75, 3.05) is 6.26 Å². The van der Waals surface area contributed by atoms with Crippen LogP contribution in [0.15, 0.2) is 52.9 Å². The first-order valence-electron chi connectivity index (χ1n) is 8.44. The minimum atomic E-state index is -4.67. The lowest BCUT2D eigenvalue weighted by Gasteiger charge is -2.06. The smallest absolute Gasteiger partial charge is 0.394 e. The number of fused-ring (bicyclic) bond motifs is 1. The van der Waals surface area contributed by atoms with Gasteiger partial charge in [-0.1, -0.05) is 6.07 Å². The summed E-state index contributed by atoms with van der Waals surface area (Å²) in [5.74, 6) is -1.33. The van der Waals surface area contributed by atoms with E-state index in [1.54, 1.807) is 24.5 Å². The molecule has 160 valence electrons. The molecule has 0 radical (unpaired) electrons. The Morgan fingerprint density at radius 2 is 1.70 bits per heavy atom. The lowest BCUT2D eigenvalue weighted by atomic mass is 10.0. The van der Waals surface area contributed by atoms with Crippen LogP contribution in [0.25, 0.3) is 17.2 Å². The third kappa shape index (κ3) is 6.51. The van der Waals surface area contributed by atoms with Crippen molar-refractivity contribution in [3.8, 4) is 0 Å². The van der Waals surface area contributed by atoms with Gasteiger partial charge in [0.05, 0.1) is 6.42 Å². The SMILES string of the molecule is CC1=C(CC(=O)O)c2cc(F)ccc2C1=Cc1ccc([S@+](C)[O-])cc1.O=S(=O)(O)O. The molecule has 2 aromatic rings. The van der Waals surface area contributed by atoms with Gasteiger partial charge in [-0.2, -0.15) is 8.42 Å². The zero-order chi connectivity index (χ0) is 22.6. The summed E-state index contributed by atoms with van der Waals surface area (Å²) in [7, 11) is -4.67. The average Bonchev–Trinajstić information content (AvgIpc) is 2.85. The molecule has 1 aliphatic rings. The molecule has 3 rings (SSSR count). The summed E-state index contributed by atoms with van der Waals surface area (Å²) < 4.78 is 56.7. The number of benzene rings is 2. The molecule has 0 saturated carbocycles. The lowest BCUT2D eigenvalue weighted by molar-refractivity contribution is -0.135. The topological polar surface area (TPSA) is 135 Å². The van der Waals surface area contributed by atoms with Crippen molar-refractivity contribution < 1.29 is 36.4 Å². The zero-order valence-corrected chi connectivity index (χ0v) is 17.6. The van der Waals surface area contributed by atoms with E-state index in [9.17, 15) is 13.7 Å². The molecule has 0 aromatic heterocycles. The summed E-state index contributed by atoms with van der Waals surface area (Å²) in [6.07, 6.45) is 3.43. The largest absolute Gasteiger partial charge is 0.612 e. The van der Waals surface area contributed by atoms with Gasteiger partial charge in [-0.15, -0.1) is 0 Å². The Bertz CT molecular complexity index is 1110. The van der Waals surface area contributed by atoms with E-state index < -0.39 is 27.5 Å². The van der Waals surface area contributed by atoms with Crippen LogP contribution in [-0.4, -0.2) is 39.4 Å². The molecule has 2 aromatic carbocycles. The average molecular weight is 454 g/mol. The second-order valence-electron chi connectivity index (χ2n) is 6.39. The maximum Gasteiger partial charge on any atom is 0.394 e. The number of hydrogen-bond donors (Lipinski definition) is 3. The predicted molar refractivity (Wildman–Crippen MR) is 112 cm³/mol. The molecule has 1 atom stereocenters. The Balaban J connectivity index is 0.000000575. The Hall–Kier alpha value is -2.50. The summed E-state index contributed by atoms with van der Waals surface area (Å²) in [4.78, 5) is 11.9. The molecule has 30 heavy (non-hydrogen) atoms. The minimum absolute atomic E-state index is 0.145. The van der Waals surface area contributed by atoms with Crippen molar-refractivity contribution in [2.24, 2.45) is 0 Å². The van der Waals surface area contributed by atoms with E-state index in [0.717, 1.165) is 27.2 Å². The lowest BCUT2D eigenvalue weighted by Crippen LogP contribution is -1.97. The first kappa shape index (κ1) is 23.8. The normalized spacial score (nSPS) is 15.5. The van der Waals surface area contributed by atoms with Crippen molar-refractivity contribution in [1.82, 2.24) is 0 Å². The van der Waals surface area contributed by atoms with Crippen LogP contribution in [0.2, 0.25) is 0 Å². The quantitative estimate of drug-likeness (QED) is 0.473. The van der Waals surface area contributed by atoms with Gasteiger partial charge in [-0.3, -0.25) is 13.9 Å². The number of allylic oxidation sites excluding steroid dienone is 2. The highest BCUT2D eigenvalue weighted by atomic mass is 32.3. The van der Waals surface area contributed by atoms with Gasteiger partial charge in [0.15, 0.2) is 4.90 Å². The fourth-order valence-corrected chi connectivity index (χ4v) is 3.57. The fraction of sp³-hybridized carbons (Fsp3) is 0.150. The van der Waals surface area contributed by atoms with Crippen LogP contribution in [0.1, 0.15) is 30.0 Å². The van der Waals surface area contributed by atoms with E-state index in [0.29, 0.717) is 11.1 Å². The van der Waals surface area contributed by atoms with Crippen LogP contribution in [0.4, 0.5) is 4.39 Å². The number of rotatable bonds is 4. The molecule has 0 unspecified atom stereocenters. The van der Waals surface area contributed by atoms with E-state index in [-0.39, 0.29) is 12.2 Å². The highest BCUT2D eigenvalue weighted by molar-refractivity contribution is 7.90. The van der Waals surface area contributed by atoms with Crippen molar-refractivity contribution in [3.05, 3.63) is 70.5 Å². The maximum absolute atomic E-state index is 13.7. The molecule has 3 N–H and O–H groups in total. The van der Waals surface area contributed by atoms with Crippen molar-refractivity contribution in [3.63, 3.8) is 0 Å². The number of hydrogen-bond acceptors (Lipinski definition) is 4. The van der Waals surface area contributed by atoms with E-state index in [2.05, 4.69) is 0 Å². The van der Waals surface area contributed by atoms with E-state index in [4.69, 9.17) is 22.6 Å². The number of halogens is 1. The summed E-state index contributed by atoms with van der Waals surface area (Å²) in [5, 5.41) is 9.17. The second kappa shape index (κ2) is 9.54. The standard InChI is InChI=1S/C20H17FO3S.H2O4S/c1-12-17(9-13-3-6-15(7-4-13)25(2)24)16-8-5-14(21)10-19(16)18(12)11-20(22)23;1-5(2,3)4/h3-10H,11H2,1-2H3,(H,22,23);(H2,1,2,3,4)/t25-;/m0./s1. The molecule has 0 spiro atoms. The number of carbonyl (C=O) groups is 1. The second-order valence-corrected chi connectivity index (χ2v) is 8.67. The van der Waals surface area contributed by atoms with Gasteiger partial charge >= 0.3 is 16.4 Å². The van der Waals surface area contributed by atoms with Gasteiger partial charge in [0, 0.05) is 0 Å². The van der Waals surface area contributed by atoms with Crippen LogP contribution in [0, 0.1) is 5.82 Å². The highest BCUT2D eigenvalue weighted by Crippen LogP contribution is 2.43. The van der Waals surface area contributed by atoms with Crippen LogP contribution >= 0.6 is 0 Å². The molecule has 1 aliphatic carbocycles. The highest BCUT2D eigenvalue weighted by Gasteiger charge is 2.25. The predicted octanol–water partition coefficient (Wildman–Crippen LogP) is 3.71. The fourth-order valence-electron chi connectivity index (χ4n) is 3.05. The number of aliphatic carboxylic acids is 1. The van der Waals surface area contributed by atoms with Gasteiger partial charge in [0.25, 0.3) is 0 Å². The van der Waals surface area contributed by atoms with Crippen LogP contribution in [0.3, 0.4) is 0 Å². The summed E-state index contributed by atoms with van der Waals surface area (Å²) in [6, 6.07) is 11.8. The number of carboxylic acids is 1. The van der Waals surface area contributed by atoms with Crippen molar-refractivity contribution >= 4 is 44.8 Å². The molecule has 0 saturated heterocycles. The van der Waals surface area contributed by atoms with E-state index in [1.165, 1.54) is 12.1 Å². The van der Waals surface area contributed by atoms with Gasteiger partial charge in [-0.05, 0) is 94.0 Å². The molecule has 0 aliphatic heterocycles. The summed E-state index contributed by atoms with van der Waals surface area (Å²) >= 11 is -1.04. The summed E-state index contributed by atoms with van der Waals surface area (Å²) in [5.41, 5.74) is 4.74. The first-order valence-corrected chi connectivity index (χ1v) is 11.4. The number of carboxylic acid groups (broad SMARTS) is 1. The van der Waals surface area contributed by atoms with E-state index >= 15 is 0 Å². The minimum Gasteiger partial charge on any atom is -0.612 e. The molecule has 0 fully saturated rings. The van der Waals surface area contributed by atoms with Gasteiger partial charge < -0.3 is 9.66 Å². The third-order valence-corrected chi connectivity index (χ3v) is 5.24. The Morgan fingerprint density at radius 3 is 2.20 bits per heavy atom. The molecule has 10 heteroatoms. The van der Waals surface area contributed by atoms with Gasteiger partial charge in [0.2, 0.25) is 0 Å². The van der Waals surface area contributed by atoms with Crippen LogP contribution in [-0.2, 0) is 26.4 Å². The zero-order valence-electron chi connectivity index (χ0n) is 16.0. The first-order chi connectivity index (χ1) is 13.9. The molecule has 7 nitrogen and oxygen atoms in total. The molecule has 0 bridgehead atoms. The Morgan fingerprint density at radius 1 is 1.13 bits per heavy atom. The molecular weight excluding hydrogens is 435 g/mol. The molecular formula is C20H19FO7S2. The van der Waals surface area contributed by atoms with Crippen molar-refractivity contribution in [1.29, 1.82) is 0 Å². The Kier molecular flexibility index (Phi) is 7.56. The van der Waals surface area contributed by atoms with E-state index in [1.807, 2.05) is 25.1 Å². The van der Waals surface area contributed by atoms with Crippen molar-refractivity contribution in [2.45, 2.75) is 18.2 Å². The Labute approximate surface area is 176 Å².